The fraction of sp³-hybridized carbons (Fsp3) is 0.529. The zero-order valence-corrected chi connectivity index (χ0v) is 12.6. The first-order chi connectivity index (χ1) is 9.70. The molecule has 0 radical (unpaired) electrons. The summed E-state index contributed by atoms with van der Waals surface area (Å²) in [5.74, 6) is 6.72. The van der Waals surface area contributed by atoms with Gasteiger partial charge in [-0.2, -0.15) is 0 Å². The molecule has 1 unspecified atom stereocenters. The quantitative estimate of drug-likeness (QED) is 0.470. The van der Waals surface area contributed by atoms with E-state index in [4.69, 9.17) is 10.6 Å². The molecule has 0 aliphatic heterocycles. The molecular formula is C17H26N2O. The molecule has 1 aliphatic rings. The predicted molar refractivity (Wildman–Crippen MR) is 83.4 cm³/mol. The van der Waals surface area contributed by atoms with E-state index in [-0.39, 0.29) is 12.1 Å². The van der Waals surface area contributed by atoms with Crippen molar-refractivity contribution in [2.24, 2.45) is 5.84 Å². The molecule has 1 aliphatic carbocycles. The summed E-state index contributed by atoms with van der Waals surface area (Å²) in [5.41, 5.74) is 5.62. The van der Waals surface area contributed by atoms with Gasteiger partial charge in [0.15, 0.2) is 0 Å². The summed E-state index contributed by atoms with van der Waals surface area (Å²) < 4.78 is 5.90. The molecule has 0 saturated heterocycles. The molecule has 0 bridgehead atoms. The smallest absolute Gasteiger partial charge is 0.124 e. The summed E-state index contributed by atoms with van der Waals surface area (Å²) in [4.78, 5) is 0. The molecule has 0 aromatic heterocycles. The van der Waals surface area contributed by atoms with E-state index >= 15 is 0 Å². The highest BCUT2D eigenvalue weighted by atomic mass is 16.5. The second-order valence-corrected chi connectivity index (χ2v) is 5.74. The number of nitrogens with one attached hydrogen (secondary N) is 1. The van der Waals surface area contributed by atoms with Gasteiger partial charge in [-0.3, -0.25) is 11.3 Å². The van der Waals surface area contributed by atoms with Gasteiger partial charge in [0.1, 0.15) is 5.75 Å². The molecule has 0 saturated carbocycles. The van der Waals surface area contributed by atoms with Crippen LogP contribution in [0.15, 0.2) is 35.9 Å². The van der Waals surface area contributed by atoms with E-state index in [9.17, 15) is 0 Å². The third-order valence-corrected chi connectivity index (χ3v) is 3.71. The van der Waals surface area contributed by atoms with Crippen LogP contribution in [0.3, 0.4) is 0 Å². The Balaban J connectivity index is 2.16. The van der Waals surface area contributed by atoms with Crippen molar-refractivity contribution in [2.75, 3.05) is 0 Å². The van der Waals surface area contributed by atoms with Gasteiger partial charge in [-0.15, -0.1) is 0 Å². The molecule has 3 nitrogen and oxygen atoms in total. The molecule has 20 heavy (non-hydrogen) atoms. The maximum absolute atomic E-state index is 5.90. The minimum atomic E-state index is 0.120. The monoisotopic (exact) mass is 274 g/mol. The van der Waals surface area contributed by atoms with Crippen molar-refractivity contribution >= 4 is 0 Å². The number of allylic oxidation sites excluding steroid dienone is 1. The summed E-state index contributed by atoms with van der Waals surface area (Å²) in [6.45, 7) is 4.09. The SMILES string of the molecule is CC(C)Oc1ccccc1C(CC1=CCCCC1)NN. The molecule has 0 amide bonds. The fourth-order valence-electron chi connectivity index (χ4n) is 2.74. The Morgan fingerprint density at radius 3 is 2.70 bits per heavy atom. The Morgan fingerprint density at radius 1 is 1.25 bits per heavy atom. The largest absolute Gasteiger partial charge is 0.491 e. The Bertz CT molecular complexity index is 454. The highest BCUT2D eigenvalue weighted by molar-refractivity contribution is 5.37. The van der Waals surface area contributed by atoms with Gasteiger partial charge < -0.3 is 4.74 Å². The zero-order chi connectivity index (χ0) is 14.4. The average molecular weight is 274 g/mol. The lowest BCUT2D eigenvalue weighted by Gasteiger charge is -2.23. The van der Waals surface area contributed by atoms with Gasteiger partial charge in [-0.05, 0) is 52.0 Å². The Morgan fingerprint density at radius 2 is 2.05 bits per heavy atom. The molecule has 1 atom stereocenters. The Hall–Kier alpha value is -1.32. The summed E-state index contributed by atoms with van der Waals surface area (Å²) in [7, 11) is 0. The molecule has 0 spiro atoms. The van der Waals surface area contributed by atoms with Crippen LogP contribution in [-0.2, 0) is 0 Å². The normalized spacial score (nSPS) is 16.9. The third kappa shape index (κ3) is 4.09. The number of para-hydroxylation sites is 1. The first-order valence-electron chi connectivity index (χ1n) is 7.60. The highest BCUT2D eigenvalue weighted by Gasteiger charge is 2.17. The van der Waals surface area contributed by atoms with Gasteiger partial charge >= 0.3 is 0 Å². The van der Waals surface area contributed by atoms with Crippen LogP contribution in [0.1, 0.15) is 57.6 Å². The number of rotatable bonds is 6. The Kier molecular flexibility index (Phi) is 5.62. The molecule has 110 valence electrons. The van der Waals surface area contributed by atoms with E-state index in [1.165, 1.54) is 31.3 Å². The molecule has 3 N–H and O–H groups in total. The lowest BCUT2D eigenvalue weighted by Crippen LogP contribution is -2.29. The lowest BCUT2D eigenvalue weighted by molar-refractivity contribution is 0.237. The van der Waals surface area contributed by atoms with Crippen molar-refractivity contribution in [3.05, 3.63) is 41.5 Å². The highest BCUT2D eigenvalue weighted by Crippen LogP contribution is 2.32. The number of hydrogen-bond acceptors (Lipinski definition) is 3. The van der Waals surface area contributed by atoms with Crippen LogP contribution < -0.4 is 16.0 Å². The van der Waals surface area contributed by atoms with E-state index in [0.29, 0.717) is 0 Å². The molecule has 2 rings (SSSR count). The van der Waals surface area contributed by atoms with Crippen molar-refractivity contribution in [1.82, 2.24) is 5.43 Å². The van der Waals surface area contributed by atoms with E-state index in [0.717, 1.165) is 17.7 Å². The molecule has 0 fully saturated rings. The van der Waals surface area contributed by atoms with E-state index in [1.54, 1.807) is 0 Å². The average Bonchev–Trinajstić information content (AvgIpc) is 2.46. The molecule has 0 heterocycles. The standard InChI is InChI=1S/C17H26N2O/c1-13(2)20-17-11-7-6-10-15(17)16(19-18)12-14-8-4-3-5-9-14/h6-8,10-11,13,16,19H,3-5,9,12,18H2,1-2H3. The van der Waals surface area contributed by atoms with Crippen molar-refractivity contribution in [3.8, 4) is 5.75 Å². The van der Waals surface area contributed by atoms with Crippen LogP contribution in [-0.4, -0.2) is 6.10 Å². The topological polar surface area (TPSA) is 47.3 Å². The fourth-order valence-corrected chi connectivity index (χ4v) is 2.74. The first kappa shape index (κ1) is 15.1. The van der Waals surface area contributed by atoms with Crippen molar-refractivity contribution in [3.63, 3.8) is 0 Å². The minimum absolute atomic E-state index is 0.120. The van der Waals surface area contributed by atoms with Gasteiger partial charge in [-0.1, -0.05) is 29.8 Å². The third-order valence-electron chi connectivity index (χ3n) is 3.71. The van der Waals surface area contributed by atoms with Crippen molar-refractivity contribution < 1.29 is 4.74 Å². The lowest BCUT2D eigenvalue weighted by atomic mass is 9.91. The number of nitrogens with two attached hydrogens (primary N) is 1. The van der Waals surface area contributed by atoms with Crippen molar-refractivity contribution in [1.29, 1.82) is 0 Å². The summed E-state index contributed by atoms with van der Waals surface area (Å²) in [6, 6.07) is 8.30. The second kappa shape index (κ2) is 7.46. The first-order valence-corrected chi connectivity index (χ1v) is 7.60. The number of hydrazine groups is 1. The van der Waals surface area contributed by atoms with Gasteiger partial charge in [0.05, 0.1) is 12.1 Å². The number of ether oxygens (including phenoxy) is 1. The maximum Gasteiger partial charge on any atom is 0.124 e. The number of hydrogen-bond donors (Lipinski definition) is 2. The number of benzene rings is 1. The summed E-state index contributed by atoms with van der Waals surface area (Å²) >= 11 is 0. The van der Waals surface area contributed by atoms with E-state index in [2.05, 4.69) is 17.6 Å². The maximum atomic E-state index is 5.90. The van der Waals surface area contributed by atoms with Gasteiger partial charge in [-0.25, -0.2) is 0 Å². The second-order valence-electron chi connectivity index (χ2n) is 5.74. The van der Waals surface area contributed by atoms with Crippen LogP contribution in [0.25, 0.3) is 0 Å². The predicted octanol–water partition coefficient (Wildman–Crippen LogP) is 3.87. The van der Waals surface area contributed by atoms with Crippen LogP contribution in [0.5, 0.6) is 5.75 Å². The molecular weight excluding hydrogens is 248 g/mol. The van der Waals surface area contributed by atoms with E-state index < -0.39 is 0 Å². The van der Waals surface area contributed by atoms with E-state index in [1.807, 2.05) is 32.0 Å². The molecule has 3 heteroatoms. The van der Waals surface area contributed by atoms with Crippen LogP contribution in [0.4, 0.5) is 0 Å². The van der Waals surface area contributed by atoms with Crippen LogP contribution in [0.2, 0.25) is 0 Å². The summed E-state index contributed by atoms with van der Waals surface area (Å²) in [5, 5.41) is 0. The van der Waals surface area contributed by atoms with Gasteiger partial charge in [0, 0.05) is 5.56 Å². The zero-order valence-electron chi connectivity index (χ0n) is 12.6. The van der Waals surface area contributed by atoms with Gasteiger partial charge in [0.25, 0.3) is 0 Å². The van der Waals surface area contributed by atoms with Gasteiger partial charge in [0.2, 0.25) is 0 Å². The van der Waals surface area contributed by atoms with Crippen LogP contribution in [0, 0.1) is 0 Å². The Labute approximate surface area is 122 Å². The van der Waals surface area contributed by atoms with Crippen molar-refractivity contribution in [2.45, 2.75) is 58.1 Å². The summed E-state index contributed by atoms with van der Waals surface area (Å²) in [6.07, 6.45) is 8.53. The minimum Gasteiger partial charge on any atom is -0.491 e. The van der Waals surface area contributed by atoms with Crippen LogP contribution >= 0.6 is 0 Å². The molecule has 1 aromatic rings. The molecule has 1 aromatic carbocycles.